The maximum atomic E-state index is 13.9. The molecule has 0 saturated carbocycles. The van der Waals surface area contributed by atoms with Crippen molar-refractivity contribution in [3.63, 3.8) is 0 Å². The fraction of sp³-hybridized carbons (Fsp3) is 0.333. The Morgan fingerprint density at radius 1 is 1.03 bits per heavy atom. The van der Waals surface area contributed by atoms with Crippen molar-refractivity contribution in [2.75, 3.05) is 19.5 Å². The van der Waals surface area contributed by atoms with Crippen LogP contribution in [0.4, 0.5) is 5.82 Å². The van der Waals surface area contributed by atoms with Gasteiger partial charge in [-0.25, -0.2) is 0 Å². The summed E-state index contributed by atoms with van der Waals surface area (Å²) in [6, 6.07) is 18.3. The van der Waals surface area contributed by atoms with E-state index in [-0.39, 0.29) is 17.2 Å². The third-order valence-corrected chi connectivity index (χ3v) is 7.26. The van der Waals surface area contributed by atoms with Crippen molar-refractivity contribution < 1.29 is 14.3 Å². The Morgan fingerprint density at radius 3 is 2.42 bits per heavy atom. The maximum absolute atomic E-state index is 13.9. The lowest BCUT2D eigenvalue weighted by atomic mass is 9.72. The van der Waals surface area contributed by atoms with Crippen molar-refractivity contribution in [3.8, 4) is 17.6 Å². The number of rotatable bonds is 4. The fourth-order valence-electron chi connectivity index (χ4n) is 5.64. The number of allylic oxidation sites excluding steroid dienone is 2. The van der Waals surface area contributed by atoms with Gasteiger partial charge in [-0.05, 0) is 44.7 Å². The van der Waals surface area contributed by atoms with E-state index in [1.807, 2.05) is 42.6 Å². The lowest BCUT2D eigenvalue weighted by Gasteiger charge is -2.37. The number of methoxy groups -OCH3 is 2. The van der Waals surface area contributed by atoms with E-state index in [0.29, 0.717) is 35.5 Å². The first-order valence-corrected chi connectivity index (χ1v) is 12.2. The van der Waals surface area contributed by atoms with Gasteiger partial charge in [-0.3, -0.25) is 4.79 Å². The number of carbonyl (C=O) groups is 1. The molecular formula is C30H31N3O3. The number of carbonyl (C=O) groups excluding carboxylic acids is 1. The topological polar surface area (TPSA) is 76.3 Å². The van der Waals surface area contributed by atoms with E-state index in [2.05, 4.69) is 48.9 Å². The van der Waals surface area contributed by atoms with Gasteiger partial charge < -0.3 is 19.4 Å². The Bertz CT molecular complexity index is 1400. The normalized spacial score (nSPS) is 19.2. The molecule has 0 spiro atoms. The zero-order chi connectivity index (χ0) is 25.6. The molecule has 36 heavy (non-hydrogen) atoms. The average molecular weight is 482 g/mol. The molecule has 0 amide bonds. The summed E-state index contributed by atoms with van der Waals surface area (Å²) >= 11 is 0. The molecule has 0 bridgehead atoms. The van der Waals surface area contributed by atoms with Crippen LogP contribution in [0.3, 0.4) is 0 Å². The minimum atomic E-state index is -0.441. The molecule has 1 aliphatic heterocycles. The van der Waals surface area contributed by atoms with Gasteiger partial charge in [0, 0.05) is 46.5 Å². The quantitative estimate of drug-likeness (QED) is 0.488. The van der Waals surface area contributed by atoms with E-state index in [4.69, 9.17) is 9.47 Å². The molecule has 2 aliphatic rings. The summed E-state index contributed by atoms with van der Waals surface area (Å²) in [5.41, 5.74) is 4.69. The Kier molecular flexibility index (Phi) is 5.88. The number of nitrogens with zero attached hydrogens (tertiary/aromatic N) is 2. The molecule has 3 aromatic rings. The summed E-state index contributed by atoms with van der Waals surface area (Å²) in [6.07, 6.45) is 3.03. The second kappa shape index (κ2) is 8.91. The Morgan fingerprint density at radius 2 is 1.78 bits per heavy atom. The van der Waals surface area contributed by atoms with E-state index in [1.165, 1.54) is 0 Å². The molecule has 5 rings (SSSR count). The van der Waals surface area contributed by atoms with Crippen molar-refractivity contribution in [2.45, 2.75) is 51.0 Å². The molecular weight excluding hydrogens is 450 g/mol. The first-order valence-electron chi connectivity index (χ1n) is 12.2. The lowest BCUT2D eigenvalue weighted by molar-refractivity contribution is -0.116. The molecule has 2 aromatic carbocycles. The Hall–Kier alpha value is -3.98. The molecule has 1 N–H and O–H groups in total. The van der Waals surface area contributed by atoms with Crippen molar-refractivity contribution >= 4 is 11.6 Å². The Labute approximate surface area is 212 Å². The molecule has 2 heterocycles. The van der Waals surface area contributed by atoms with Crippen LogP contribution in [0.1, 0.15) is 67.7 Å². The maximum Gasteiger partial charge on any atom is 0.164 e. The fourth-order valence-corrected chi connectivity index (χ4v) is 5.64. The average Bonchev–Trinajstić information content (AvgIpc) is 3.26. The van der Waals surface area contributed by atoms with E-state index < -0.39 is 5.92 Å². The molecule has 0 fully saturated rings. The molecule has 6 nitrogen and oxygen atoms in total. The predicted octanol–water partition coefficient (Wildman–Crippen LogP) is 6.09. The van der Waals surface area contributed by atoms with Gasteiger partial charge in [0.1, 0.15) is 11.9 Å². The first-order chi connectivity index (χ1) is 17.3. The number of Topliss-reactive ketones (excluding diaryl/α,β-unsaturated/α-hetero) is 1. The third kappa shape index (κ3) is 3.76. The summed E-state index contributed by atoms with van der Waals surface area (Å²) in [4.78, 5) is 13.9. The van der Waals surface area contributed by atoms with Crippen LogP contribution in [0.15, 0.2) is 66.0 Å². The van der Waals surface area contributed by atoms with E-state index in [9.17, 15) is 10.1 Å². The molecule has 1 aliphatic carbocycles. The highest BCUT2D eigenvalue weighted by Crippen LogP contribution is 2.53. The second-order valence-electron chi connectivity index (χ2n) is 10.4. The van der Waals surface area contributed by atoms with Crippen LogP contribution in [0.5, 0.6) is 11.5 Å². The largest absolute Gasteiger partial charge is 0.493 e. The number of ketones is 1. The Balaban J connectivity index is 1.77. The van der Waals surface area contributed by atoms with Gasteiger partial charge in [0.15, 0.2) is 17.3 Å². The standard InChI is InChI=1S/C30H31N3O3/c1-30(2,3)33-17-20(16-31)25-26(21-12-9-13-24(35-4)28(21)36-5)27-22(32-29(25)33)14-19(15-23(27)34)18-10-7-6-8-11-18/h6-13,17,19,26,32H,14-15H2,1-5H3/t19-,26-/m0/s1. The van der Waals surface area contributed by atoms with Crippen LogP contribution in [-0.4, -0.2) is 24.6 Å². The lowest BCUT2D eigenvalue weighted by Crippen LogP contribution is -2.32. The van der Waals surface area contributed by atoms with Crippen molar-refractivity contribution in [3.05, 3.63) is 88.3 Å². The van der Waals surface area contributed by atoms with Gasteiger partial charge in [0.05, 0.1) is 19.8 Å². The number of fused-ring (bicyclic) bond motifs is 1. The predicted molar refractivity (Wildman–Crippen MR) is 140 cm³/mol. The van der Waals surface area contributed by atoms with Crippen LogP contribution < -0.4 is 14.8 Å². The third-order valence-electron chi connectivity index (χ3n) is 7.26. The van der Waals surface area contributed by atoms with Crippen LogP contribution in [-0.2, 0) is 10.3 Å². The van der Waals surface area contributed by atoms with Crippen molar-refractivity contribution in [2.24, 2.45) is 0 Å². The number of nitriles is 1. The smallest absolute Gasteiger partial charge is 0.164 e. The second-order valence-corrected chi connectivity index (χ2v) is 10.4. The van der Waals surface area contributed by atoms with Crippen LogP contribution >= 0.6 is 0 Å². The molecule has 2 atom stereocenters. The van der Waals surface area contributed by atoms with Crippen molar-refractivity contribution in [1.29, 1.82) is 5.26 Å². The van der Waals surface area contributed by atoms with Gasteiger partial charge in [-0.15, -0.1) is 0 Å². The first kappa shape index (κ1) is 23.7. The highest BCUT2D eigenvalue weighted by atomic mass is 16.5. The summed E-state index contributed by atoms with van der Waals surface area (Å²) in [5, 5.41) is 13.8. The minimum absolute atomic E-state index is 0.0884. The SMILES string of the molecule is COc1cccc([C@@H]2C3=C(C[C@H](c4ccccc4)CC3=O)Nc3c2c(C#N)cn3C(C)(C)C)c1OC. The highest BCUT2D eigenvalue weighted by molar-refractivity contribution is 6.02. The van der Waals surface area contributed by atoms with Gasteiger partial charge in [0.2, 0.25) is 0 Å². The zero-order valence-corrected chi connectivity index (χ0v) is 21.4. The zero-order valence-electron chi connectivity index (χ0n) is 21.4. The van der Waals surface area contributed by atoms with Crippen LogP contribution in [0, 0.1) is 11.3 Å². The molecule has 6 heteroatoms. The molecule has 184 valence electrons. The number of anilines is 1. The van der Waals surface area contributed by atoms with Gasteiger partial charge in [0.25, 0.3) is 0 Å². The number of benzene rings is 2. The van der Waals surface area contributed by atoms with Gasteiger partial charge >= 0.3 is 0 Å². The molecule has 1 aromatic heterocycles. The number of hydrogen-bond donors (Lipinski definition) is 1. The van der Waals surface area contributed by atoms with Gasteiger partial charge in [-0.2, -0.15) is 5.26 Å². The van der Waals surface area contributed by atoms with Crippen molar-refractivity contribution in [1.82, 2.24) is 4.57 Å². The summed E-state index contributed by atoms with van der Waals surface area (Å²) in [7, 11) is 3.21. The number of aromatic nitrogens is 1. The molecule has 0 saturated heterocycles. The summed E-state index contributed by atoms with van der Waals surface area (Å²) < 4.78 is 13.5. The monoisotopic (exact) mass is 481 g/mol. The molecule has 0 radical (unpaired) electrons. The van der Waals surface area contributed by atoms with Crippen LogP contribution in [0.2, 0.25) is 0 Å². The number of ether oxygens (including phenoxy) is 2. The van der Waals surface area contributed by atoms with E-state index in [0.717, 1.165) is 28.2 Å². The van der Waals surface area contributed by atoms with E-state index in [1.54, 1.807) is 14.2 Å². The summed E-state index contributed by atoms with van der Waals surface area (Å²) in [6.45, 7) is 6.33. The number of para-hydroxylation sites is 1. The molecule has 0 unspecified atom stereocenters. The minimum Gasteiger partial charge on any atom is -0.493 e. The highest BCUT2D eigenvalue weighted by Gasteiger charge is 2.43. The van der Waals surface area contributed by atoms with E-state index >= 15 is 0 Å². The summed E-state index contributed by atoms with van der Waals surface area (Å²) in [5.74, 6) is 1.77. The number of hydrogen-bond acceptors (Lipinski definition) is 5. The van der Waals surface area contributed by atoms with Crippen LogP contribution in [0.25, 0.3) is 0 Å². The van der Waals surface area contributed by atoms with Gasteiger partial charge in [-0.1, -0.05) is 42.5 Å². The number of nitrogens with one attached hydrogen (secondary N) is 1.